The molecule has 0 atom stereocenters. The maximum Gasteiger partial charge on any atom is 0.119 e. The molecule has 0 saturated heterocycles. The van der Waals surface area contributed by atoms with Crippen molar-refractivity contribution in [3.8, 4) is 5.75 Å². The molecule has 0 heterocycles. The summed E-state index contributed by atoms with van der Waals surface area (Å²) >= 11 is 4.87. The van der Waals surface area contributed by atoms with E-state index in [1.54, 1.807) is 12.5 Å². The topological polar surface area (TPSA) is 9.23 Å². The predicted molar refractivity (Wildman–Crippen MR) is 81.1 cm³/mol. The molecular weight excluding hydrogens is 240 g/mol. The van der Waals surface area contributed by atoms with Crippen molar-refractivity contribution in [3.05, 3.63) is 65.2 Å². The third-order valence-electron chi connectivity index (χ3n) is 2.63. The van der Waals surface area contributed by atoms with Crippen LogP contribution >= 0.6 is 12.2 Å². The Labute approximate surface area is 113 Å². The molecule has 0 N–H and O–H groups in total. The van der Waals surface area contributed by atoms with Crippen LogP contribution < -0.4 is 4.74 Å². The third kappa shape index (κ3) is 3.28. The summed E-state index contributed by atoms with van der Waals surface area (Å²) in [5.41, 5.74) is 3.33. The van der Waals surface area contributed by atoms with Crippen LogP contribution in [0.4, 0.5) is 0 Å². The average molecular weight is 254 g/mol. The van der Waals surface area contributed by atoms with Gasteiger partial charge in [0.1, 0.15) is 5.75 Å². The molecule has 1 nitrogen and oxygen atoms in total. The smallest absolute Gasteiger partial charge is 0.119 e. The zero-order chi connectivity index (χ0) is 12.8. The first-order valence-electron chi connectivity index (χ1n) is 5.69. The van der Waals surface area contributed by atoms with Gasteiger partial charge in [-0.25, -0.2) is 0 Å². The Morgan fingerprint density at radius 3 is 2.22 bits per heavy atom. The molecule has 0 saturated carbocycles. The van der Waals surface area contributed by atoms with E-state index in [0.717, 1.165) is 22.4 Å². The fourth-order valence-electron chi connectivity index (χ4n) is 1.62. The molecule has 90 valence electrons. The lowest BCUT2D eigenvalue weighted by molar-refractivity contribution is 0.414. The molecule has 0 spiro atoms. The Kier molecular flexibility index (Phi) is 4.26. The van der Waals surface area contributed by atoms with Gasteiger partial charge in [-0.15, -0.1) is 0 Å². The van der Waals surface area contributed by atoms with Gasteiger partial charge < -0.3 is 4.74 Å². The second-order valence-electron chi connectivity index (χ2n) is 3.89. The van der Waals surface area contributed by atoms with Crippen LogP contribution in [0.1, 0.15) is 16.7 Å². The van der Waals surface area contributed by atoms with E-state index in [1.165, 1.54) is 0 Å². The Hall–Kier alpha value is -1.93. The first-order chi connectivity index (χ1) is 8.81. The highest BCUT2D eigenvalue weighted by atomic mass is 32.1. The SMILES string of the molecule is COc1cccc(C=Cc2ccc(C=S)cc2)c1. The quantitative estimate of drug-likeness (QED) is 0.597. The molecule has 2 aromatic carbocycles. The molecule has 2 rings (SSSR count). The molecule has 2 heteroatoms. The molecule has 0 fully saturated rings. The second-order valence-corrected chi connectivity index (χ2v) is 4.13. The van der Waals surface area contributed by atoms with Gasteiger partial charge in [-0.05, 0) is 28.8 Å². The van der Waals surface area contributed by atoms with Crippen LogP contribution in [0.15, 0.2) is 48.5 Å². The summed E-state index contributed by atoms with van der Waals surface area (Å²) in [7, 11) is 1.67. The fourth-order valence-corrected chi connectivity index (χ4v) is 1.78. The van der Waals surface area contributed by atoms with Gasteiger partial charge in [0.05, 0.1) is 7.11 Å². The third-order valence-corrected chi connectivity index (χ3v) is 2.91. The van der Waals surface area contributed by atoms with Crippen molar-refractivity contribution in [2.75, 3.05) is 7.11 Å². The van der Waals surface area contributed by atoms with Crippen LogP contribution in [0.2, 0.25) is 0 Å². The fraction of sp³-hybridized carbons (Fsp3) is 0.0625. The summed E-state index contributed by atoms with van der Waals surface area (Å²) in [5, 5.41) is 1.68. The minimum Gasteiger partial charge on any atom is -0.497 e. The van der Waals surface area contributed by atoms with Crippen molar-refractivity contribution >= 4 is 29.7 Å². The highest BCUT2D eigenvalue weighted by molar-refractivity contribution is 7.79. The Morgan fingerprint density at radius 1 is 0.889 bits per heavy atom. The van der Waals surface area contributed by atoms with Crippen LogP contribution in [0.5, 0.6) is 5.75 Å². The summed E-state index contributed by atoms with van der Waals surface area (Å²) < 4.78 is 5.19. The number of hydrogen-bond acceptors (Lipinski definition) is 2. The normalized spacial score (nSPS) is 10.5. The van der Waals surface area contributed by atoms with Gasteiger partial charge in [0, 0.05) is 5.37 Å². The summed E-state index contributed by atoms with van der Waals surface area (Å²) in [4.78, 5) is 0. The number of hydrogen-bond donors (Lipinski definition) is 0. The first-order valence-corrected chi connectivity index (χ1v) is 6.16. The maximum absolute atomic E-state index is 5.19. The zero-order valence-corrected chi connectivity index (χ0v) is 11.0. The van der Waals surface area contributed by atoms with Crippen molar-refractivity contribution < 1.29 is 4.74 Å². The van der Waals surface area contributed by atoms with Crippen LogP contribution in [0, 0.1) is 0 Å². The highest BCUT2D eigenvalue weighted by Gasteiger charge is 1.92. The van der Waals surface area contributed by atoms with Gasteiger partial charge in [-0.1, -0.05) is 60.8 Å². The van der Waals surface area contributed by atoms with Crippen LogP contribution in [0.3, 0.4) is 0 Å². The minimum absolute atomic E-state index is 0.869. The molecule has 0 bridgehead atoms. The molecule has 0 unspecified atom stereocenters. The molecule has 18 heavy (non-hydrogen) atoms. The molecule has 0 aliphatic rings. The van der Waals surface area contributed by atoms with Crippen molar-refractivity contribution in [3.63, 3.8) is 0 Å². The average Bonchev–Trinajstić information content (AvgIpc) is 2.46. The van der Waals surface area contributed by atoms with Crippen molar-refractivity contribution in [1.82, 2.24) is 0 Å². The maximum atomic E-state index is 5.19. The lowest BCUT2D eigenvalue weighted by Crippen LogP contribution is -1.82. The molecule has 0 aliphatic carbocycles. The summed E-state index contributed by atoms with van der Waals surface area (Å²) in [5.74, 6) is 0.869. The lowest BCUT2D eigenvalue weighted by atomic mass is 10.1. The number of ether oxygens (including phenoxy) is 1. The number of rotatable bonds is 4. The summed E-state index contributed by atoms with van der Waals surface area (Å²) in [6, 6.07) is 16.1. The van der Waals surface area contributed by atoms with Crippen LogP contribution in [0.25, 0.3) is 12.2 Å². The highest BCUT2D eigenvalue weighted by Crippen LogP contribution is 2.15. The Balaban J connectivity index is 2.15. The van der Waals surface area contributed by atoms with Crippen LogP contribution in [-0.2, 0) is 0 Å². The van der Waals surface area contributed by atoms with E-state index in [1.807, 2.05) is 36.4 Å². The summed E-state index contributed by atoms with van der Waals surface area (Å²) in [6.45, 7) is 0. The van der Waals surface area contributed by atoms with Crippen molar-refractivity contribution in [1.29, 1.82) is 0 Å². The second kappa shape index (κ2) is 6.12. The van der Waals surface area contributed by atoms with Gasteiger partial charge in [0.25, 0.3) is 0 Å². The number of benzene rings is 2. The van der Waals surface area contributed by atoms with Gasteiger partial charge in [-0.3, -0.25) is 0 Å². The molecule has 0 aliphatic heterocycles. The summed E-state index contributed by atoms with van der Waals surface area (Å²) in [6.07, 6.45) is 4.14. The monoisotopic (exact) mass is 254 g/mol. The van der Waals surface area contributed by atoms with Gasteiger partial charge in [0.15, 0.2) is 0 Å². The van der Waals surface area contributed by atoms with Gasteiger partial charge in [-0.2, -0.15) is 0 Å². The van der Waals surface area contributed by atoms with E-state index in [-0.39, 0.29) is 0 Å². The van der Waals surface area contributed by atoms with E-state index in [4.69, 9.17) is 17.0 Å². The van der Waals surface area contributed by atoms with Crippen LogP contribution in [-0.4, -0.2) is 12.5 Å². The number of thiocarbonyl (C=S) groups is 1. The van der Waals surface area contributed by atoms with E-state index in [2.05, 4.69) is 24.3 Å². The minimum atomic E-state index is 0.869. The molecule has 2 aromatic rings. The van der Waals surface area contributed by atoms with E-state index < -0.39 is 0 Å². The molecule has 0 aromatic heterocycles. The molecule has 0 radical (unpaired) electrons. The van der Waals surface area contributed by atoms with Crippen molar-refractivity contribution in [2.24, 2.45) is 0 Å². The van der Waals surface area contributed by atoms with Gasteiger partial charge in [0.2, 0.25) is 0 Å². The van der Waals surface area contributed by atoms with Gasteiger partial charge >= 0.3 is 0 Å². The van der Waals surface area contributed by atoms with E-state index in [0.29, 0.717) is 0 Å². The Bertz CT molecular complexity index is 556. The predicted octanol–water partition coefficient (Wildman–Crippen LogP) is 4.21. The zero-order valence-electron chi connectivity index (χ0n) is 10.2. The number of methoxy groups -OCH3 is 1. The largest absolute Gasteiger partial charge is 0.497 e. The van der Waals surface area contributed by atoms with E-state index in [9.17, 15) is 0 Å². The molecular formula is C16H14OS. The van der Waals surface area contributed by atoms with Crippen molar-refractivity contribution in [2.45, 2.75) is 0 Å². The lowest BCUT2D eigenvalue weighted by Gasteiger charge is -2.00. The van der Waals surface area contributed by atoms with E-state index >= 15 is 0 Å². The standard InChI is InChI=1S/C16H14OS/c1-17-16-4-2-3-14(11-16)8-5-13-6-9-15(12-18)10-7-13/h2-12H,1H3. The first kappa shape index (κ1) is 12.5. The Morgan fingerprint density at radius 2 is 1.56 bits per heavy atom. The molecule has 0 amide bonds.